The highest BCUT2D eigenvalue weighted by Gasteiger charge is 2.21. The van der Waals surface area contributed by atoms with Gasteiger partial charge in [-0.3, -0.25) is 0 Å². The van der Waals surface area contributed by atoms with Crippen molar-refractivity contribution in [1.82, 2.24) is 5.32 Å². The lowest BCUT2D eigenvalue weighted by atomic mass is 10.1. The van der Waals surface area contributed by atoms with Crippen LogP contribution in [-0.2, 0) is 16.1 Å². The molecule has 1 atom stereocenters. The largest absolute Gasteiger partial charge is 0.445 e. The third kappa shape index (κ3) is 4.93. The molecule has 1 N–H and O–H groups in total. The molecule has 156 valence electrons. The van der Waals surface area contributed by atoms with Crippen molar-refractivity contribution in [1.29, 1.82) is 0 Å². The summed E-state index contributed by atoms with van der Waals surface area (Å²) in [5.41, 5.74) is 0.760. The number of rotatable bonds is 5. The fraction of sp³-hybridized carbons (Fsp3) is 0.190. The Balaban J connectivity index is 1.66. The third-order valence-corrected chi connectivity index (χ3v) is 4.99. The summed E-state index contributed by atoms with van der Waals surface area (Å²) in [6.07, 6.45) is -0.774. The first-order valence-electron chi connectivity index (χ1n) is 8.87. The standard InChI is InChI=1S/C21H17Cl2NO6/c1-11-14-8-15(22)17(9-16(14)29-20(26)18(11)23)30-19(25)12(2)24-21(27)28-10-13-6-4-3-5-7-13/h3-9,12H,10H2,1-2H3,(H,24,27)/t12-/m1/s1. The van der Waals surface area contributed by atoms with Crippen LogP contribution >= 0.6 is 23.2 Å². The first kappa shape index (κ1) is 21.7. The molecule has 0 aliphatic carbocycles. The van der Waals surface area contributed by atoms with Crippen LogP contribution in [0.2, 0.25) is 10.0 Å². The number of carbonyl (C=O) groups is 2. The minimum absolute atomic E-state index is 0.0228. The Morgan fingerprint density at radius 2 is 1.87 bits per heavy atom. The summed E-state index contributed by atoms with van der Waals surface area (Å²) in [5, 5.41) is 2.96. The minimum atomic E-state index is -1.01. The van der Waals surface area contributed by atoms with E-state index in [9.17, 15) is 14.4 Å². The van der Waals surface area contributed by atoms with Gasteiger partial charge < -0.3 is 19.2 Å². The molecular weight excluding hydrogens is 433 g/mol. The van der Waals surface area contributed by atoms with E-state index in [1.54, 1.807) is 19.1 Å². The summed E-state index contributed by atoms with van der Waals surface area (Å²) in [6.45, 7) is 3.15. The lowest BCUT2D eigenvalue weighted by Gasteiger charge is -2.14. The molecule has 3 aromatic rings. The van der Waals surface area contributed by atoms with Crippen LogP contribution in [0.1, 0.15) is 18.1 Å². The van der Waals surface area contributed by atoms with Gasteiger partial charge in [-0.05, 0) is 31.0 Å². The molecule has 0 aliphatic rings. The van der Waals surface area contributed by atoms with Gasteiger partial charge in [-0.25, -0.2) is 14.4 Å². The lowest BCUT2D eigenvalue weighted by molar-refractivity contribution is -0.136. The summed E-state index contributed by atoms with van der Waals surface area (Å²) in [5.74, 6) is -0.800. The number of carbonyl (C=O) groups excluding carboxylic acids is 2. The minimum Gasteiger partial charge on any atom is -0.445 e. The maximum atomic E-state index is 12.3. The van der Waals surface area contributed by atoms with Gasteiger partial charge in [0.15, 0.2) is 5.75 Å². The first-order valence-corrected chi connectivity index (χ1v) is 9.63. The number of halogens is 2. The van der Waals surface area contributed by atoms with Gasteiger partial charge >= 0.3 is 17.7 Å². The Labute approximate surface area is 181 Å². The monoisotopic (exact) mass is 449 g/mol. The molecule has 0 spiro atoms. The summed E-state index contributed by atoms with van der Waals surface area (Å²) in [7, 11) is 0. The van der Waals surface area contributed by atoms with E-state index in [1.807, 2.05) is 18.2 Å². The molecule has 0 fully saturated rings. The number of fused-ring (bicyclic) bond motifs is 1. The van der Waals surface area contributed by atoms with Gasteiger partial charge in [-0.2, -0.15) is 0 Å². The summed E-state index contributed by atoms with van der Waals surface area (Å²) in [6, 6.07) is 10.9. The molecule has 1 amide bonds. The van der Waals surface area contributed by atoms with Gasteiger partial charge in [0, 0.05) is 11.5 Å². The highest BCUT2D eigenvalue weighted by molar-refractivity contribution is 6.34. The van der Waals surface area contributed by atoms with E-state index in [0.29, 0.717) is 10.9 Å². The van der Waals surface area contributed by atoms with E-state index >= 15 is 0 Å². The summed E-state index contributed by atoms with van der Waals surface area (Å²) >= 11 is 12.1. The molecule has 1 heterocycles. The normalized spacial score (nSPS) is 11.7. The number of nitrogens with one attached hydrogen (secondary N) is 1. The summed E-state index contributed by atoms with van der Waals surface area (Å²) in [4.78, 5) is 36.0. The van der Waals surface area contributed by atoms with Crippen molar-refractivity contribution < 1.29 is 23.5 Å². The molecular formula is C21H17Cl2NO6. The summed E-state index contributed by atoms with van der Waals surface area (Å²) < 4.78 is 15.4. The molecule has 0 unspecified atom stereocenters. The number of ether oxygens (including phenoxy) is 2. The van der Waals surface area contributed by atoms with Crippen LogP contribution in [0.15, 0.2) is 51.7 Å². The third-order valence-electron chi connectivity index (χ3n) is 4.26. The van der Waals surface area contributed by atoms with Crippen molar-refractivity contribution in [2.75, 3.05) is 0 Å². The Hall–Kier alpha value is -3.03. The molecule has 9 heteroatoms. The number of hydrogen-bond acceptors (Lipinski definition) is 6. The fourth-order valence-corrected chi connectivity index (χ4v) is 2.95. The molecule has 0 saturated heterocycles. The van der Waals surface area contributed by atoms with E-state index in [2.05, 4.69) is 5.32 Å². The quantitative estimate of drug-likeness (QED) is 0.346. The number of amides is 1. The molecule has 0 radical (unpaired) electrons. The second kappa shape index (κ2) is 9.19. The molecule has 30 heavy (non-hydrogen) atoms. The van der Waals surface area contributed by atoms with Crippen molar-refractivity contribution in [3.8, 4) is 5.75 Å². The Kier molecular flexibility index (Phi) is 6.64. The van der Waals surface area contributed by atoms with Crippen molar-refractivity contribution in [3.63, 3.8) is 0 Å². The zero-order valence-corrected chi connectivity index (χ0v) is 17.5. The van der Waals surface area contributed by atoms with E-state index in [1.165, 1.54) is 19.1 Å². The second-order valence-corrected chi connectivity index (χ2v) is 7.24. The van der Waals surface area contributed by atoms with Crippen LogP contribution < -0.4 is 15.7 Å². The van der Waals surface area contributed by atoms with Crippen LogP contribution in [0.25, 0.3) is 11.0 Å². The maximum absolute atomic E-state index is 12.3. The van der Waals surface area contributed by atoms with E-state index in [-0.39, 0.29) is 28.0 Å². The van der Waals surface area contributed by atoms with Crippen molar-refractivity contribution in [2.24, 2.45) is 0 Å². The molecule has 2 aromatic carbocycles. The zero-order valence-electron chi connectivity index (χ0n) is 16.0. The van der Waals surface area contributed by atoms with Crippen molar-refractivity contribution in [2.45, 2.75) is 26.5 Å². The number of aryl methyl sites for hydroxylation is 1. The highest BCUT2D eigenvalue weighted by Crippen LogP contribution is 2.33. The van der Waals surface area contributed by atoms with Gasteiger partial charge in [0.1, 0.15) is 23.3 Å². The second-order valence-electron chi connectivity index (χ2n) is 6.46. The zero-order chi connectivity index (χ0) is 21.8. The van der Waals surface area contributed by atoms with Crippen molar-refractivity contribution >= 4 is 46.2 Å². The Morgan fingerprint density at radius 3 is 2.57 bits per heavy atom. The Bertz CT molecular complexity index is 1160. The van der Waals surface area contributed by atoms with Gasteiger partial charge in [-0.15, -0.1) is 0 Å². The molecule has 0 bridgehead atoms. The van der Waals surface area contributed by atoms with Crippen LogP contribution in [0.3, 0.4) is 0 Å². The van der Waals surface area contributed by atoms with E-state index in [0.717, 1.165) is 5.56 Å². The predicted octanol–water partition coefficient (Wildman–Crippen LogP) is 4.63. The SMILES string of the molecule is Cc1c(Cl)c(=O)oc2cc(OC(=O)[C@@H](C)NC(=O)OCc3ccccc3)c(Cl)cc12. The van der Waals surface area contributed by atoms with E-state index in [4.69, 9.17) is 37.1 Å². The molecule has 0 saturated carbocycles. The maximum Gasteiger partial charge on any atom is 0.408 e. The number of benzene rings is 2. The van der Waals surface area contributed by atoms with Crippen LogP contribution in [0.4, 0.5) is 4.79 Å². The fourth-order valence-electron chi connectivity index (χ4n) is 2.60. The Morgan fingerprint density at radius 1 is 1.17 bits per heavy atom. The molecule has 3 rings (SSSR count). The highest BCUT2D eigenvalue weighted by atomic mass is 35.5. The van der Waals surface area contributed by atoms with Gasteiger partial charge in [0.25, 0.3) is 0 Å². The lowest BCUT2D eigenvalue weighted by Crippen LogP contribution is -2.41. The molecule has 0 aliphatic heterocycles. The van der Waals surface area contributed by atoms with Crippen molar-refractivity contribution in [3.05, 3.63) is 74.1 Å². The topological polar surface area (TPSA) is 94.8 Å². The van der Waals surface area contributed by atoms with Crippen LogP contribution in [-0.4, -0.2) is 18.1 Å². The first-order chi connectivity index (χ1) is 14.3. The number of alkyl carbamates (subject to hydrolysis) is 1. The molecule has 1 aromatic heterocycles. The van der Waals surface area contributed by atoms with Gasteiger partial charge in [0.2, 0.25) is 0 Å². The van der Waals surface area contributed by atoms with E-state index < -0.39 is 23.7 Å². The molecule has 7 nitrogen and oxygen atoms in total. The van der Waals surface area contributed by atoms with Crippen LogP contribution in [0, 0.1) is 6.92 Å². The van der Waals surface area contributed by atoms with Gasteiger partial charge in [0.05, 0.1) is 5.02 Å². The number of esters is 1. The van der Waals surface area contributed by atoms with Crippen LogP contribution in [0.5, 0.6) is 5.75 Å². The van der Waals surface area contributed by atoms with Gasteiger partial charge in [-0.1, -0.05) is 53.5 Å². The predicted molar refractivity (Wildman–Crippen MR) is 112 cm³/mol. The number of hydrogen-bond donors (Lipinski definition) is 1. The average Bonchev–Trinajstić information content (AvgIpc) is 2.72. The smallest absolute Gasteiger partial charge is 0.408 e. The average molecular weight is 450 g/mol.